The average molecular weight is 237 g/mol. The number of rotatable bonds is 2. The third-order valence-electron chi connectivity index (χ3n) is 3.10. The van der Waals surface area contributed by atoms with Crippen LogP contribution in [0.25, 0.3) is 16.6 Å². The minimum absolute atomic E-state index is 0.474. The molecule has 0 fully saturated rings. The number of aryl methyl sites for hydroxylation is 1. The van der Waals surface area contributed by atoms with Crippen LogP contribution in [-0.2, 0) is 6.54 Å². The summed E-state index contributed by atoms with van der Waals surface area (Å²) in [4.78, 5) is 4.29. The van der Waals surface area contributed by atoms with Crippen LogP contribution in [-0.4, -0.2) is 9.38 Å². The van der Waals surface area contributed by atoms with Gasteiger partial charge in [0.15, 0.2) is 0 Å². The fourth-order valence-corrected chi connectivity index (χ4v) is 2.15. The Morgan fingerprint density at radius 1 is 1.17 bits per heavy atom. The Labute approximate surface area is 106 Å². The van der Waals surface area contributed by atoms with E-state index in [9.17, 15) is 0 Å². The smallest absolute Gasteiger partial charge is 0.0994 e. The van der Waals surface area contributed by atoms with Gasteiger partial charge in [0.25, 0.3) is 0 Å². The standard InChI is InChI=1S/C15H15N3/c1-11-3-2-4-12(5-11)13-6-15-7-14(8-16)17-10-18(15)9-13/h2-7,9-10H,8,16H2,1H3. The van der Waals surface area contributed by atoms with Crippen molar-refractivity contribution in [2.45, 2.75) is 13.5 Å². The van der Waals surface area contributed by atoms with Crippen LogP contribution in [0.5, 0.6) is 0 Å². The van der Waals surface area contributed by atoms with Gasteiger partial charge in [-0.1, -0.05) is 29.8 Å². The second kappa shape index (κ2) is 4.27. The number of hydrogen-bond donors (Lipinski definition) is 1. The molecule has 0 aliphatic heterocycles. The molecule has 18 heavy (non-hydrogen) atoms. The van der Waals surface area contributed by atoms with Crippen molar-refractivity contribution in [2.24, 2.45) is 5.73 Å². The van der Waals surface area contributed by atoms with Gasteiger partial charge in [-0.25, -0.2) is 4.98 Å². The highest BCUT2D eigenvalue weighted by atomic mass is 14.9. The van der Waals surface area contributed by atoms with Gasteiger partial charge in [-0.15, -0.1) is 0 Å². The maximum atomic E-state index is 5.61. The molecule has 0 bridgehead atoms. The summed E-state index contributed by atoms with van der Waals surface area (Å²) < 4.78 is 2.02. The lowest BCUT2D eigenvalue weighted by Gasteiger charge is -1.98. The molecular formula is C15H15N3. The molecule has 1 aromatic carbocycles. The molecule has 0 aliphatic carbocycles. The van der Waals surface area contributed by atoms with E-state index in [2.05, 4.69) is 48.4 Å². The van der Waals surface area contributed by atoms with E-state index in [1.165, 1.54) is 16.7 Å². The highest BCUT2D eigenvalue weighted by Gasteiger charge is 2.03. The summed E-state index contributed by atoms with van der Waals surface area (Å²) >= 11 is 0. The molecule has 3 heteroatoms. The number of aromatic nitrogens is 2. The van der Waals surface area contributed by atoms with Gasteiger partial charge in [-0.3, -0.25) is 0 Å². The lowest BCUT2D eigenvalue weighted by Crippen LogP contribution is -2.00. The Morgan fingerprint density at radius 2 is 2.06 bits per heavy atom. The SMILES string of the molecule is Cc1cccc(-c2cc3cc(CN)ncn3c2)c1. The first kappa shape index (κ1) is 11.0. The molecule has 2 heterocycles. The molecule has 0 saturated heterocycles. The second-order valence-corrected chi connectivity index (χ2v) is 4.51. The molecule has 0 aliphatic rings. The summed E-state index contributed by atoms with van der Waals surface area (Å²) in [7, 11) is 0. The Balaban J connectivity index is 2.13. The monoisotopic (exact) mass is 237 g/mol. The molecule has 2 N–H and O–H groups in total. The van der Waals surface area contributed by atoms with Gasteiger partial charge in [-0.2, -0.15) is 0 Å². The fourth-order valence-electron chi connectivity index (χ4n) is 2.15. The zero-order valence-corrected chi connectivity index (χ0v) is 10.3. The first-order valence-electron chi connectivity index (χ1n) is 6.00. The van der Waals surface area contributed by atoms with Crippen LogP contribution in [0.4, 0.5) is 0 Å². The highest BCUT2D eigenvalue weighted by molar-refractivity contribution is 5.70. The predicted octanol–water partition coefficient (Wildman–Crippen LogP) is 2.77. The van der Waals surface area contributed by atoms with E-state index >= 15 is 0 Å². The molecule has 3 nitrogen and oxygen atoms in total. The van der Waals surface area contributed by atoms with Crippen LogP contribution in [0, 0.1) is 6.92 Å². The number of nitrogens with zero attached hydrogens (tertiary/aromatic N) is 2. The van der Waals surface area contributed by atoms with Gasteiger partial charge >= 0.3 is 0 Å². The van der Waals surface area contributed by atoms with Gasteiger partial charge < -0.3 is 10.1 Å². The van der Waals surface area contributed by atoms with E-state index < -0.39 is 0 Å². The van der Waals surface area contributed by atoms with Crippen molar-refractivity contribution in [1.29, 1.82) is 0 Å². The first-order chi connectivity index (χ1) is 8.76. The lowest BCUT2D eigenvalue weighted by molar-refractivity contribution is 0.953. The third-order valence-corrected chi connectivity index (χ3v) is 3.10. The largest absolute Gasteiger partial charge is 0.325 e. The fraction of sp³-hybridized carbons (Fsp3) is 0.133. The van der Waals surface area contributed by atoms with Crippen LogP contribution < -0.4 is 5.73 Å². The van der Waals surface area contributed by atoms with Crippen molar-refractivity contribution < 1.29 is 0 Å². The summed E-state index contributed by atoms with van der Waals surface area (Å²) in [5, 5.41) is 0. The molecular weight excluding hydrogens is 222 g/mol. The third kappa shape index (κ3) is 1.89. The Kier molecular flexibility index (Phi) is 2.61. The van der Waals surface area contributed by atoms with E-state index in [0.29, 0.717) is 6.54 Å². The van der Waals surface area contributed by atoms with Crippen LogP contribution in [0.3, 0.4) is 0 Å². The maximum Gasteiger partial charge on any atom is 0.0994 e. The zero-order chi connectivity index (χ0) is 12.5. The maximum absolute atomic E-state index is 5.61. The van der Waals surface area contributed by atoms with E-state index in [-0.39, 0.29) is 0 Å². The minimum Gasteiger partial charge on any atom is -0.325 e. The summed E-state index contributed by atoms with van der Waals surface area (Å²) in [6.45, 7) is 2.58. The number of hydrogen-bond acceptors (Lipinski definition) is 2. The Bertz CT molecular complexity index is 698. The molecule has 0 spiro atoms. The van der Waals surface area contributed by atoms with Crippen molar-refractivity contribution in [3.8, 4) is 11.1 Å². The van der Waals surface area contributed by atoms with E-state index in [4.69, 9.17) is 5.73 Å². The van der Waals surface area contributed by atoms with Crippen molar-refractivity contribution in [2.75, 3.05) is 0 Å². The van der Waals surface area contributed by atoms with E-state index in [1.54, 1.807) is 0 Å². The Morgan fingerprint density at radius 3 is 2.83 bits per heavy atom. The van der Waals surface area contributed by atoms with E-state index in [1.807, 2.05) is 16.8 Å². The highest BCUT2D eigenvalue weighted by Crippen LogP contribution is 2.23. The normalized spacial score (nSPS) is 11.0. The zero-order valence-electron chi connectivity index (χ0n) is 10.3. The van der Waals surface area contributed by atoms with Gasteiger partial charge in [0, 0.05) is 23.8 Å². The molecule has 0 radical (unpaired) electrons. The topological polar surface area (TPSA) is 43.3 Å². The molecule has 0 atom stereocenters. The molecule has 90 valence electrons. The second-order valence-electron chi connectivity index (χ2n) is 4.51. The summed E-state index contributed by atoms with van der Waals surface area (Å²) in [5.74, 6) is 0. The average Bonchev–Trinajstić information content (AvgIpc) is 2.81. The number of fused-ring (bicyclic) bond motifs is 1. The van der Waals surface area contributed by atoms with Crippen LogP contribution in [0.15, 0.2) is 48.9 Å². The van der Waals surface area contributed by atoms with Gasteiger partial charge in [0.2, 0.25) is 0 Å². The van der Waals surface area contributed by atoms with Gasteiger partial charge in [-0.05, 0) is 24.6 Å². The molecule has 2 aromatic heterocycles. The summed E-state index contributed by atoms with van der Waals surface area (Å²) in [5.41, 5.74) is 11.3. The van der Waals surface area contributed by atoms with E-state index in [0.717, 1.165) is 11.2 Å². The minimum atomic E-state index is 0.474. The predicted molar refractivity (Wildman–Crippen MR) is 73.3 cm³/mol. The summed E-state index contributed by atoms with van der Waals surface area (Å²) in [6.07, 6.45) is 3.91. The lowest BCUT2D eigenvalue weighted by atomic mass is 10.1. The molecule has 0 saturated carbocycles. The van der Waals surface area contributed by atoms with Crippen molar-refractivity contribution in [3.63, 3.8) is 0 Å². The number of benzene rings is 1. The van der Waals surface area contributed by atoms with Crippen LogP contribution in [0.2, 0.25) is 0 Å². The first-order valence-corrected chi connectivity index (χ1v) is 6.00. The Hall–Kier alpha value is -2.13. The molecule has 0 unspecified atom stereocenters. The van der Waals surface area contributed by atoms with Gasteiger partial charge in [0.05, 0.1) is 12.0 Å². The molecule has 3 rings (SSSR count). The molecule has 0 amide bonds. The summed E-state index contributed by atoms with van der Waals surface area (Å²) in [6, 6.07) is 12.7. The number of nitrogens with two attached hydrogens (primary N) is 1. The van der Waals surface area contributed by atoms with Crippen LogP contribution in [0.1, 0.15) is 11.3 Å². The van der Waals surface area contributed by atoms with Crippen molar-refractivity contribution in [1.82, 2.24) is 9.38 Å². The van der Waals surface area contributed by atoms with Crippen molar-refractivity contribution in [3.05, 3.63) is 60.2 Å². The molecule has 3 aromatic rings. The van der Waals surface area contributed by atoms with Gasteiger partial charge in [0.1, 0.15) is 0 Å². The van der Waals surface area contributed by atoms with Crippen molar-refractivity contribution >= 4 is 5.52 Å². The van der Waals surface area contributed by atoms with Crippen LogP contribution >= 0.6 is 0 Å². The quantitative estimate of drug-likeness (QED) is 0.744.